The molecule has 2 N–H and O–H groups in total. The summed E-state index contributed by atoms with van der Waals surface area (Å²) in [5, 5.41) is 5.54. The number of nitrogens with one attached hydrogen (secondary N) is 2. The van der Waals surface area contributed by atoms with Gasteiger partial charge in [0.05, 0.1) is 14.8 Å². The second-order valence-electron chi connectivity index (χ2n) is 6.34. The highest BCUT2D eigenvalue weighted by atomic mass is 79.9. The van der Waals surface area contributed by atoms with E-state index in [-0.39, 0.29) is 17.9 Å². The molecule has 0 bridgehead atoms. The number of amides is 2. The Morgan fingerprint density at radius 2 is 2.00 bits per heavy atom. The van der Waals surface area contributed by atoms with Crippen molar-refractivity contribution in [2.24, 2.45) is 0 Å². The lowest BCUT2D eigenvalue weighted by Gasteiger charge is -2.16. The maximum Gasteiger partial charge on any atom is 0.262 e. The summed E-state index contributed by atoms with van der Waals surface area (Å²) in [7, 11) is 0. The van der Waals surface area contributed by atoms with Crippen molar-refractivity contribution >= 4 is 44.8 Å². The molecule has 5 nitrogen and oxygen atoms in total. The van der Waals surface area contributed by atoms with Crippen molar-refractivity contribution in [2.45, 2.75) is 44.8 Å². The fourth-order valence-corrected chi connectivity index (χ4v) is 4.16. The minimum absolute atomic E-state index is 0.262. The number of carbonyl (C=O) groups excluding carboxylic acids is 2. The summed E-state index contributed by atoms with van der Waals surface area (Å²) in [6.07, 6.45) is 4.85. The SMILES string of the molecule is CC(NC(=O)c1ccc(Br)s1)C(=O)Nc1cccc(OC2CCCC2)c1. The van der Waals surface area contributed by atoms with Gasteiger partial charge >= 0.3 is 0 Å². The molecule has 1 aromatic carbocycles. The Labute approximate surface area is 165 Å². The normalized spacial score (nSPS) is 15.5. The Balaban J connectivity index is 1.55. The van der Waals surface area contributed by atoms with Crippen LogP contribution in [0.4, 0.5) is 5.69 Å². The van der Waals surface area contributed by atoms with Crippen molar-refractivity contribution in [2.75, 3.05) is 5.32 Å². The van der Waals surface area contributed by atoms with Crippen molar-refractivity contribution < 1.29 is 14.3 Å². The van der Waals surface area contributed by atoms with Gasteiger partial charge in [0.15, 0.2) is 0 Å². The van der Waals surface area contributed by atoms with E-state index in [1.807, 2.05) is 24.3 Å². The lowest BCUT2D eigenvalue weighted by Crippen LogP contribution is -2.41. The third-order valence-electron chi connectivity index (χ3n) is 4.24. The standard InChI is InChI=1S/C19H21BrN2O3S/c1-12(21-19(24)16-9-10-17(20)26-16)18(23)22-13-5-4-8-15(11-13)25-14-6-2-3-7-14/h4-5,8-12,14H,2-3,6-7H2,1H3,(H,21,24)(H,22,23). The number of anilines is 1. The number of rotatable bonds is 6. The molecule has 3 rings (SSSR count). The van der Waals surface area contributed by atoms with Gasteiger partial charge in [-0.3, -0.25) is 9.59 Å². The number of benzene rings is 1. The average molecular weight is 437 g/mol. The van der Waals surface area contributed by atoms with Gasteiger partial charge in [0.1, 0.15) is 11.8 Å². The molecule has 7 heteroatoms. The van der Waals surface area contributed by atoms with Gasteiger partial charge in [-0.2, -0.15) is 0 Å². The average Bonchev–Trinajstić information content (AvgIpc) is 3.26. The van der Waals surface area contributed by atoms with E-state index in [9.17, 15) is 9.59 Å². The van der Waals surface area contributed by atoms with E-state index in [1.165, 1.54) is 24.2 Å². The first-order valence-corrected chi connectivity index (χ1v) is 10.3. The maximum atomic E-state index is 12.4. The zero-order valence-electron chi connectivity index (χ0n) is 14.5. The zero-order valence-corrected chi connectivity index (χ0v) is 16.9. The highest BCUT2D eigenvalue weighted by molar-refractivity contribution is 9.11. The van der Waals surface area contributed by atoms with Crippen LogP contribution in [0.5, 0.6) is 5.75 Å². The predicted octanol–water partition coefficient (Wildman–Crippen LogP) is 4.59. The van der Waals surface area contributed by atoms with Crippen LogP contribution in [0.15, 0.2) is 40.2 Å². The predicted molar refractivity (Wildman–Crippen MR) is 107 cm³/mol. The molecule has 2 aromatic rings. The van der Waals surface area contributed by atoms with Crippen LogP contribution in [0.25, 0.3) is 0 Å². The minimum atomic E-state index is -0.650. The molecular weight excluding hydrogens is 416 g/mol. The van der Waals surface area contributed by atoms with Crippen LogP contribution in [0.2, 0.25) is 0 Å². The van der Waals surface area contributed by atoms with Crippen molar-refractivity contribution in [3.8, 4) is 5.75 Å². The van der Waals surface area contributed by atoms with Crippen LogP contribution in [-0.4, -0.2) is 24.0 Å². The number of halogens is 1. The van der Waals surface area contributed by atoms with Crippen LogP contribution in [0.3, 0.4) is 0 Å². The van der Waals surface area contributed by atoms with Gasteiger partial charge in [0.25, 0.3) is 5.91 Å². The van der Waals surface area contributed by atoms with Gasteiger partial charge in [-0.25, -0.2) is 0 Å². The van der Waals surface area contributed by atoms with E-state index in [1.54, 1.807) is 19.1 Å². The largest absolute Gasteiger partial charge is 0.490 e. The van der Waals surface area contributed by atoms with Gasteiger partial charge in [-0.05, 0) is 72.8 Å². The fourth-order valence-electron chi connectivity index (χ4n) is 2.87. The van der Waals surface area contributed by atoms with Gasteiger partial charge in [-0.1, -0.05) is 6.07 Å². The van der Waals surface area contributed by atoms with Crippen molar-refractivity contribution in [1.29, 1.82) is 0 Å². The van der Waals surface area contributed by atoms with E-state index in [0.29, 0.717) is 10.6 Å². The first-order valence-electron chi connectivity index (χ1n) is 8.65. The Bertz CT molecular complexity index is 787. The van der Waals surface area contributed by atoms with Crippen molar-refractivity contribution in [3.63, 3.8) is 0 Å². The Kier molecular flexibility index (Phi) is 6.32. The molecule has 0 radical (unpaired) electrons. The Morgan fingerprint density at radius 3 is 2.69 bits per heavy atom. The molecule has 26 heavy (non-hydrogen) atoms. The number of ether oxygens (including phenoxy) is 1. The van der Waals surface area contributed by atoms with Crippen molar-refractivity contribution in [3.05, 3.63) is 45.1 Å². The molecule has 0 aliphatic heterocycles. The lowest BCUT2D eigenvalue weighted by atomic mass is 10.2. The molecule has 138 valence electrons. The van der Waals surface area contributed by atoms with Gasteiger partial charge in [0, 0.05) is 11.8 Å². The quantitative estimate of drug-likeness (QED) is 0.695. The summed E-state index contributed by atoms with van der Waals surface area (Å²) in [6, 6.07) is 10.3. The molecule has 1 aliphatic rings. The number of hydrogen-bond donors (Lipinski definition) is 2. The monoisotopic (exact) mass is 436 g/mol. The van der Waals surface area contributed by atoms with Crippen LogP contribution in [-0.2, 0) is 4.79 Å². The Morgan fingerprint density at radius 1 is 1.23 bits per heavy atom. The molecular formula is C19H21BrN2O3S. The molecule has 1 aromatic heterocycles. The number of thiophene rings is 1. The van der Waals surface area contributed by atoms with E-state index in [4.69, 9.17) is 4.74 Å². The number of carbonyl (C=O) groups is 2. The van der Waals surface area contributed by atoms with Crippen LogP contribution in [0.1, 0.15) is 42.3 Å². The first-order chi connectivity index (χ1) is 12.5. The summed E-state index contributed by atoms with van der Waals surface area (Å²) >= 11 is 4.65. The second-order valence-corrected chi connectivity index (χ2v) is 8.80. The number of hydrogen-bond acceptors (Lipinski definition) is 4. The molecule has 0 spiro atoms. The fraction of sp³-hybridized carbons (Fsp3) is 0.368. The summed E-state index contributed by atoms with van der Waals surface area (Å²) in [5.41, 5.74) is 0.658. The summed E-state index contributed by atoms with van der Waals surface area (Å²) in [6.45, 7) is 1.66. The van der Waals surface area contributed by atoms with Crippen LogP contribution in [0, 0.1) is 0 Å². The van der Waals surface area contributed by atoms with Crippen molar-refractivity contribution in [1.82, 2.24) is 5.32 Å². The third-order valence-corrected chi connectivity index (χ3v) is 5.87. The summed E-state index contributed by atoms with van der Waals surface area (Å²) < 4.78 is 6.83. The highest BCUT2D eigenvalue weighted by Gasteiger charge is 2.19. The van der Waals surface area contributed by atoms with E-state index in [2.05, 4.69) is 26.6 Å². The maximum absolute atomic E-state index is 12.4. The van der Waals surface area contributed by atoms with Gasteiger partial charge in [-0.15, -0.1) is 11.3 Å². The Hall–Kier alpha value is -1.86. The second kappa shape index (κ2) is 8.68. The molecule has 1 fully saturated rings. The molecule has 0 saturated heterocycles. The zero-order chi connectivity index (χ0) is 18.5. The third kappa shape index (κ3) is 5.08. The first kappa shape index (κ1) is 18.9. The smallest absolute Gasteiger partial charge is 0.262 e. The summed E-state index contributed by atoms with van der Waals surface area (Å²) in [4.78, 5) is 25.1. The highest BCUT2D eigenvalue weighted by Crippen LogP contribution is 2.26. The van der Waals surface area contributed by atoms with Crippen LogP contribution < -0.4 is 15.4 Å². The molecule has 2 amide bonds. The summed E-state index contributed by atoms with van der Waals surface area (Å²) in [5.74, 6) is 0.225. The lowest BCUT2D eigenvalue weighted by molar-refractivity contribution is -0.117. The molecule has 1 unspecified atom stereocenters. The van der Waals surface area contributed by atoms with E-state index < -0.39 is 6.04 Å². The van der Waals surface area contributed by atoms with E-state index in [0.717, 1.165) is 22.4 Å². The minimum Gasteiger partial charge on any atom is -0.490 e. The van der Waals surface area contributed by atoms with Gasteiger partial charge in [0.2, 0.25) is 5.91 Å². The molecule has 1 heterocycles. The molecule has 1 saturated carbocycles. The van der Waals surface area contributed by atoms with E-state index >= 15 is 0 Å². The van der Waals surface area contributed by atoms with Crippen LogP contribution >= 0.6 is 27.3 Å². The van der Waals surface area contributed by atoms with Gasteiger partial charge < -0.3 is 15.4 Å². The molecule has 1 atom stereocenters. The molecule has 1 aliphatic carbocycles. The topological polar surface area (TPSA) is 67.4 Å².